The van der Waals surface area contributed by atoms with Gasteiger partial charge in [-0.25, -0.2) is 0 Å². The van der Waals surface area contributed by atoms with Crippen LogP contribution in [0.1, 0.15) is 15.9 Å². The number of hydrogen-bond donors (Lipinski definition) is 0. The van der Waals surface area contributed by atoms with Crippen molar-refractivity contribution in [1.82, 2.24) is 0 Å². The van der Waals surface area contributed by atoms with Gasteiger partial charge >= 0.3 is 6.18 Å². The summed E-state index contributed by atoms with van der Waals surface area (Å²) in [6.07, 6.45) is -2.99. The van der Waals surface area contributed by atoms with Crippen molar-refractivity contribution in [3.8, 4) is 0 Å². The van der Waals surface area contributed by atoms with Gasteiger partial charge in [0.25, 0.3) is 0 Å². The summed E-state index contributed by atoms with van der Waals surface area (Å²) < 4.78 is 42.2. The average Bonchev–Trinajstić information content (AvgIpc) is 2.58. The van der Waals surface area contributed by atoms with Crippen LogP contribution in [0, 0.1) is 0 Å². The molecule has 0 aliphatic rings. The van der Waals surface area contributed by atoms with E-state index in [-0.39, 0.29) is 16.5 Å². The summed E-state index contributed by atoms with van der Waals surface area (Å²) in [5.74, 6) is 0. The number of rotatable bonds is 1. The summed E-state index contributed by atoms with van der Waals surface area (Å²) in [6, 6.07) is 3.58. The van der Waals surface area contributed by atoms with E-state index in [1.54, 1.807) is 0 Å². The average molecular weight is 214 g/mol. The Kier molecular flexibility index (Phi) is 2.03. The van der Waals surface area contributed by atoms with Crippen LogP contribution in [0.5, 0.6) is 0 Å². The van der Waals surface area contributed by atoms with Crippen LogP contribution in [0.25, 0.3) is 11.0 Å². The zero-order valence-corrected chi connectivity index (χ0v) is 7.34. The van der Waals surface area contributed by atoms with E-state index >= 15 is 0 Å². The van der Waals surface area contributed by atoms with Crippen LogP contribution < -0.4 is 0 Å². The summed E-state index contributed by atoms with van der Waals surface area (Å²) in [5, 5.41) is 0.180. The summed E-state index contributed by atoms with van der Waals surface area (Å²) >= 11 is 0. The van der Waals surface area contributed by atoms with Crippen LogP contribution in [0.4, 0.5) is 13.2 Å². The molecule has 78 valence electrons. The first-order chi connectivity index (χ1) is 7.04. The van der Waals surface area contributed by atoms with E-state index in [1.165, 1.54) is 12.1 Å². The molecule has 0 aliphatic carbocycles. The molecule has 0 fully saturated rings. The summed E-state index contributed by atoms with van der Waals surface area (Å²) in [7, 11) is 0. The van der Waals surface area contributed by atoms with E-state index in [1.807, 2.05) is 0 Å². The molecule has 0 N–H and O–H groups in total. The molecule has 2 rings (SSSR count). The predicted octanol–water partition coefficient (Wildman–Crippen LogP) is 3.26. The van der Waals surface area contributed by atoms with Crippen LogP contribution in [0.3, 0.4) is 0 Å². The molecule has 0 atom stereocenters. The van der Waals surface area contributed by atoms with Crippen molar-refractivity contribution < 1.29 is 22.4 Å². The van der Waals surface area contributed by atoms with Crippen LogP contribution in [0.2, 0.25) is 0 Å². The Hall–Kier alpha value is -1.78. The van der Waals surface area contributed by atoms with Gasteiger partial charge in [-0.1, -0.05) is 12.1 Å². The third kappa shape index (κ3) is 1.49. The van der Waals surface area contributed by atoms with E-state index in [9.17, 15) is 18.0 Å². The summed E-state index contributed by atoms with van der Waals surface area (Å²) in [4.78, 5) is 10.5. The fraction of sp³-hybridized carbons (Fsp3) is 0.100. The first kappa shape index (κ1) is 9.76. The van der Waals surface area contributed by atoms with Gasteiger partial charge in [0, 0.05) is 5.39 Å². The summed E-state index contributed by atoms with van der Waals surface area (Å²) in [6.45, 7) is 0. The lowest BCUT2D eigenvalue weighted by Gasteiger charge is -2.05. The maximum Gasteiger partial charge on any atom is 0.420 e. The Morgan fingerprint density at radius 3 is 2.60 bits per heavy atom. The molecule has 0 aliphatic heterocycles. The van der Waals surface area contributed by atoms with Crippen molar-refractivity contribution in [2.75, 3.05) is 0 Å². The fourth-order valence-electron chi connectivity index (χ4n) is 1.39. The highest BCUT2D eigenvalue weighted by Gasteiger charge is 2.34. The zero-order valence-electron chi connectivity index (χ0n) is 7.34. The number of halogens is 3. The third-order valence-electron chi connectivity index (χ3n) is 2.06. The second-order valence-corrected chi connectivity index (χ2v) is 2.99. The lowest BCUT2D eigenvalue weighted by Crippen LogP contribution is -2.04. The quantitative estimate of drug-likeness (QED) is 0.682. The molecule has 1 heterocycles. The largest absolute Gasteiger partial charge is 0.463 e. The van der Waals surface area contributed by atoms with Gasteiger partial charge in [0.15, 0.2) is 6.29 Å². The van der Waals surface area contributed by atoms with Gasteiger partial charge in [-0.05, 0) is 6.07 Å². The summed E-state index contributed by atoms with van der Waals surface area (Å²) in [5.41, 5.74) is -1.05. The SMILES string of the molecule is O=Cc1coc2c(C(F)(F)F)cccc12. The number of hydrogen-bond acceptors (Lipinski definition) is 2. The van der Waals surface area contributed by atoms with E-state index in [4.69, 9.17) is 4.42 Å². The lowest BCUT2D eigenvalue weighted by atomic mass is 10.1. The predicted molar refractivity (Wildman–Crippen MR) is 46.6 cm³/mol. The Balaban J connectivity index is 2.78. The van der Waals surface area contributed by atoms with Gasteiger partial charge in [-0.15, -0.1) is 0 Å². The first-order valence-electron chi connectivity index (χ1n) is 4.06. The van der Waals surface area contributed by atoms with Crippen molar-refractivity contribution >= 4 is 17.3 Å². The van der Waals surface area contributed by atoms with Crippen molar-refractivity contribution in [1.29, 1.82) is 0 Å². The molecule has 0 radical (unpaired) electrons. The molecule has 1 aromatic carbocycles. The Morgan fingerprint density at radius 2 is 2.00 bits per heavy atom. The lowest BCUT2D eigenvalue weighted by molar-refractivity contribution is -0.136. The standard InChI is InChI=1S/C10H5F3O2/c11-10(12,13)8-3-1-2-7-6(4-14)5-15-9(7)8/h1-5H. The first-order valence-corrected chi connectivity index (χ1v) is 4.06. The molecule has 5 heteroatoms. The van der Waals surface area contributed by atoms with E-state index < -0.39 is 11.7 Å². The molecule has 0 bridgehead atoms. The van der Waals surface area contributed by atoms with Crippen molar-refractivity contribution in [2.45, 2.75) is 6.18 Å². The highest BCUT2D eigenvalue weighted by molar-refractivity contribution is 5.97. The van der Waals surface area contributed by atoms with Crippen LogP contribution in [-0.4, -0.2) is 6.29 Å². The van der Waals surface area contributed by atoms with Crippen molar-refractivity contribution in [2.24, 2.45) is 0 Å². The van der Waals surface area contributed by atoms with E-state index in [0.29, 0.717) is 6.29 Å². The molecule has 0 unspecified atom stereocenters. The minimum Gasteiger partial charge on any atom is -0.463 e. The van der Waals surface area contributed by atoms with Gasteiger partial charge in [0.1, 0.15) is 11.8 Å². The molecule has 0 amide bonds. The molecular weight excluding hydrogens is 209 g/mol. The van der Waals surface area contributed by atoms with Crippen molar-refractivity contribution in [3.63, 3.8) is 0 Å². The molecule has 1 aromatic heterocycles. The number of alkyl halides is 3. The topological polar surface area (TPSA) is 30.2 Å². The number of carbonyl (C=O) groups is 1. The Bertz CT molecular complexity index is 511. The van der Waals surface area contributed by atoms with Gasteiger partial charge in [-0.3, -0.25) is 4.79 Å². The number of fused-ring (bicyclic) bond motifs is 1. The second-order valence-electron chi connectivity index (χ2n) is 2.99. The highest BCUT2D eigenvalue weighted by Crippen LogP contribution is 2.35. The number of benzene rings is 1. The second kappa shape index (κ2) is 3.12. The number of furan rings is 1. The molecule has 0 saturated heterocycles. The highest BCUT2D eigenvalue weighted by atomic mass is 19.4. The smallest absolute Gasteiger partial charge is 0.420 e. The Morgan fingerprint density at radius 1 is 1.27 bits per heavy atom. The molecular formula is C10H5F3O2. The molecule has 15 heavy (non-hydrogen) atoms. The van der Waals surface area contributed by atoms with Crippen LogP contribution >= 0.6 is 0 Å². The minimum absolute atomic E-state index is 0.121. The normalized spacial score (nSPS) is 11.9. The maximum atomic E-state index is 12.5. The molecule has 0 saturated carbocycles. The number of aldehydes is 1. The monoisotopic (exact) mass is 214 g/mol. The van der Waals surface area contributed by atoms with Crippen molar-refractivity contribution in [3.05, 3.63) is 35.6 Å². The molecule has 2 aromatic rings. The maximum absolute atomic E-state index is 12.5. The zero-order chi connectivity index (χ0) is 11.1. The Labute approximate surface area is 82.3 Å². The molecule has 2 nitrogen and oxygen atoms in total. The van der Waals surface area contributed by atoms with Crippen LogP contribution in [-0.2, 0) is 6.18 Å². The van der Waals surface area contributed by atoms with Crippen LogP contribution in [0.15, 0.2) is 28.9 Å². The van der Waals surface area contributed by atoms with Gasteiger partial charge in [-0.2, -0.15) is 13.2 Å². The van der Waals surface area contributed by atoms with Gasteiger partial charge < -0.3 is 4.42 Å². The van der Waals surface area contributed by atoms with E-state index in [2.05, 4.69) is 0 Å². The van der Waals surface area contributed by atoms with Gasteiger partial charge in [0.2, 0.25) is 0 Å². The van der Waals surface area contributed by atoms with E-state index in [0.717, 1.165) is 12.3 Å². The number of carbonyl (C=O) groups excluding carboxylic acids is 1. The number of para-hydroxylation sites is 1. The molecule has 0 spiro atoms. The fourth-order valence-corrected chi connectivity index (χ4v) is 1.39. The van der Waals surface area contributed by atoms with Gasteiger partial charge in [0.05, 0.1) is 11.1 Å². The third-order valence-corrected chi connectivity index (χ3v) is 2.06. The minimum atomic E-state index is -4.47.